The smallest absolute Gasteiger partial charge is 0.271 e. The summed E-state index contributed by atoms with van der Waals surface area (Å²) in [6, 6.07) is 3.08. The molecule has 1 amide bonds. The van der Waals surface area contributed by atoms with Crippen LogP contribution in [0.5, 0.6) is 0 Å². The third-order valence-corrected chi connectivity index (χ3v) is 6.00. The number of piperidine rings is 1. The molecule has 160 valence electrons. The van der Waals surface area contributed by atoms with Gasteiger partial charge in [0.15, 0.2) is 0 Å². The minimum Gasteiger partial charge on any atom is -0.391 e. The summed E-state index contributed by atoms with van der Waals surface area (Å²) < 4.78 is 1.44. The monoisotopic (exact) mass is 412 g/mol. The van der Waals surface area contributed by atoms with Crippen LogP contribution < -0.4 is 15.8 Å². The lowest BCUT2D eigenvalue weighted by molar-refractivity contribution is 0.0944. The number of aromatic nitrogens is 4. The fourth-order valence-electron chi connectivity index (χ4n) is 4.34. The molecular weight excluding hydrogens is 384 g/mol. The highest BCUT2D eigenvalue weighted by Crippen LogP contribution is 2.29. The molecule has 9 heteroatoms. The van der Waals surface area contributed by atoms with Crippen LogP contribution in [0.1, 0.15) is 60.7 Å². The number of carbonyl (C=O) groups excluding carboxylic acids is 1. The van der Waals surface area contributed by atoms with Crippen molar-refractivity contribution >= 4 is 11.7 Å². The van der Waals surface area contributed by atoms with Crippen molar-refractivity contribution in [2.24, 2.45) is 0 Å². The van der Waals surface area contributed by atoms with Gasteiger partial charge in [-0.25, -0.2) is 9.67 Å². The van der Waals surface area contributed by atoms with Crippen molar-refractivity contribution in [2.45, 2.75) is 63.6 Å². The van der Waals surface area contributed by atoms with E-state index in [1.54, 1.807) is 12.3 Å². The normalized spacial score (nSPS) is 24.1. The predicted octanol–water partition coefficient (Wildman–Crippen LogP) is 1.22. The number of hydrogen-bond donors (Lipinski definition) is 2. The van der Waals surface area contributed by atoms with Gasteiger partial charge >= 0.3 is 0 Å². The Morgan fingerprint density at radius 3 is 2.77 bits per heavy atom. The maximum absolute atomic E-state index is 12.4. The van der Waals surface area contributed by atoms with Gasteiger partial charge in [0.2, 0.25) is 0 Å². The average Bonchev–Trinajstić information content (AvgIpc) is 3.19. The second kappa shape index (κ2) is 8.91. The quantitative estimate of drug-likeness (QED) is 0.759. The summed E-state index contributed by atoms with van der Waals surface area (Å²) in [6.07, 6.45) is 7.90. The van der Waals surface area contributed by atoms with Crippen LogP contribution in [0.2, 0.25) is 0 Å². The summed E-state index contributed by atoms with van der Waals surface area (Å²) in [6.45, 7) is 3.09. The molecule has 4 rings (SSSR count). The van der Waals surface area contributed by atoms with Crippen LogP contribution in [0.25, 0.3) is 0 Å². The Morgan fingerprint density at radius 2 is 2.03 bits per heavy atom. The Morgan fingerprint density at radius 1 is 1.17 bits per heavy atom. The first kappa shape index (κ1) is 20.5. The highest BCUT2D eigenvalue weighted by Gasteiger charge is 2.30. The van der Waals surface area contributed by atoms with Crippen LogP contribution in [-0.2, 0) is 0 Å². The highest BCUT2D eigenvalue weighted by molar-refractivity contribution is 5.91. The molecule has 1 saturated heterocycles. The number of rotatable bonds is 5. The van der Waals surface area contributed by atoms with Gasteiger partial charge in [0.25, 0.3) is 11.5 Å². The van der Waals surface area contributed by atoms with Gasteiger partial charge in [-0.05, 0) is 51.5 Å². The largest absolute Gasteiger partial charge is 0.391 e. The first-order chi connectivity index (χ1) is 14.5. The van der Waals surface area contributed by atoms with E-state index in [0.717, 1.165) is 44.3 Å². The number of aliphatic hydroxyl groups is 1. The first-order valence-electron chi connectivity index (χ1n) is 10.6. The summed E-state index contributed by atoms with van der Waals surface area (Å²) in [5, 5.41) is 17.8. The van der Waals surface area contributed by atoms with E-state index in [9.17, 15) is 14.7 Å². The van der Waals surface area contributed by atoms with Crippen molar-refractivity contribution in [1.29, 1.82) is 0 Å². The van der Waals surface area contributed by atoms with Crippen molar-refractivity contribution in [3.63, 3.8) is 0 Å². The minimum absolute atomic E-state index is 0.0769. The molecule has 30 heavy (non-hydrogen) atoms. The zero-order valence-electron chi connectivity index (χ0n) is 17.2. The zero-order valence-corrected chi connectivity index (χ0v) is 17.2. The molecule has 3 heterocycles. The molecule has 0 spiro atoms. The highest BCUT2D eigenvalue weighted by atomic mass is 16.3. The lowest BCUT2D eigenvalue weighted by Crippen LogP contribution is -2.48. The van der Waals surface area contributed by atoms with Crippen LogP contribution >= 0.6 is 0 Å². The number of aliphatic hydroxyl groups excluding tert-OH is 1. The summed E-state index contributed by atoms with van der Waals surface area (Å²) in [4.78, 5) is 35.2. The maximum Gasteiger partial charge on any atom is 0.271 e. The summed E-state index contributed by atoms with van der Waals surface area (Å²) in [7, 11) is 0. The number of carbonyl (C=O) groups is 1. The predicted molar refractivity (Wildman–Crippen MR) is 111 cm³/mol. The lowest BCUT2D eigenvalue weighted by Gasteiger charge is -2.37. The Bertz CT molecular complexity index is 945. The third kappa shape index (κ3) is 4.35. The molecule has 3 atom stereocenters. The van der Waals surface area contributed by atoms with E-state index < -0.39 is 6.10 Å². The Kier molecular flexibility index (Phi) is 6.08. The molecule has 2 aromatic heterocycles. The fourth-order valence-corrected chi connectivity index (χ4v) is 4.34. The first-order valence-corrected chi connectivity index (χ1v) is 10.6. The van der Waals surface area contributed by atoms with Crippen molar-refractivity contribution in [2.75, 3.05) is 18.0 Å². The van der Waals surface area contributed by atoms with Crippen molar-refractivity contribution in [3.8, 4) is 0 Å². The maximum atomic E-state index is 12.4. The van der Waals surface area contributed by atoms with E-state index in [4.69, 9.17) is 0 Å². The summed E-state index contributed by atoms with van der Waals surface area (Å²) in [5.74, 6) is 0.461. The molecule has 1 saturated carbocycles. The van der Waals surface area contributed by atoms with E-state index in [0.29, 0.717) is 24.5 Å². The molecule has 0 bridgehead atoms. The van der Waals surface area contributed by atoms with Gasteiger partial charge in [0, 0.05) is 31.4 Å². The van der Waals surface area contributed by atoms with Gasteiger partial charge in [-0.15, -0.1) is 0 Å². The number of nitrogens with one attached hydrogen (secondary N) is 1. The van der Waals surface area contributed by atoms with E-state index in [1.165, 1.54) is 16.9 Å². The van der Waals surface area contributed by atoms with E-state index >= 15 is 0 Å². The molecule has 3 unspecified atom stereocenters. The molecule has 9 nitrogen and oxygen atoms in total. The zero-order chi connectivity index (χ0) is 21.1. The Balaban J connectivity index is 1.49. The minimum atomic E-state index is -0.530. The molecule has 2 aliphatic rings. The van der Waals surface area contributed by atoms with E-state index in [2.05, 4.69) is 25.3 Å². The number of hydrogen-bond acceptors (Lipinski definition) is 7. The van der Waals surface area contributed by atoms with Gasteiger partial charge in [0.1, 0.15) is 11.5 Å². The molecular formula is C21H28N6O3. The van der Waals surface area contributed by atoms with E-state index in [-0.39, 0.29) is 23.6 Å². The SMILES string of the molecule is Cc1cnc(C(=O)NCC2CCCCN2c2ccc(=O)n(C3CCCC3O)n2)cn1. The number of anilines is 1. The molecule has 2 aromatic rings. The number of amides is 1. The topological polar surface area (TPSA) is 113 Å². The van der Waals surface area contributed by atoms with E-state index in [1.807, 2.05) is 6.92 Å². The van der Waals surface area contributed by atoms with Gasteiger partial charge in [-0.3, -0.25) is 14.6 Å². The second-order valence-corrected chi connectivity index (χ2v) is 8.14. The van der Waals surface area contributed by atoms with Gasteiger partial charge < -0.3 is 15.3 Å². The van der Waals surface area contributed by atoms with Gasteiger partial charge in [-0.2, -0.15) is 5.10 Å². The molecule has 0 radical (unpaired) electrons. The van der Waals surface area contributed by atoms with Crippen LogP contribution in [0.3, 0.4) is 0 Å². The third-order valence-electron chi connectivity index (χ3n) is 6.00. The van der Waals surface area contributed by atoms with Crippen molar-refractivity contribution in [3.05, 3.63) is 46.3 Å². The molecule has 2 fully saturated rings. The molecule has 1 aliphatic carbocycles. The van der Waals surface area contributed by atoms with Crippen LogP contribution in [0, 0.1) is 6.92 Å². The molecule has 0 aromatic carbocycles. The standard InChI is InChI=1S/C21H28N6O3/c1-14-11-23-16(13-22-14)21(30)24-12-15-5-2-3-10-26(15)19-8-9-20(29)27(25-19)17-6-4-7-18(17)28/h8-9,11,13,15,17-18,28H,2-7,10,12H2,1H3,(H,24,30). The average molecular weight is 412 g/mol. The number of nitrogens with zero attached hydrogens (tertiary/aromatic N) is 5. The summed E-state index contributed by atoms with van der Waals surface area (Å²) >= 11 is 0. The molecule has 2 N–H and O–H groups in total. The number of aryl methyl sites for hydroxylation is 1. The fraction of sp³-hybridized carbons (Fsp3) is 0.571. The summed E-state index contributed by atoms with van der Waals surface area (Å²) in [5.41, 5.74) is 0.868. The lowest BCUT2D eigenvalue weighted by atomic mass is 10.0. The van der Waals surface area contributed by atoms with Crippen LogP contribution in [-0.4, -0.2) is 56.0 Å². The Labute approximate surface area is 175 Å². The van der Waals surface area contributed by atoms with Crippen molar-refractivity contribution < 1.29 is 9.90 Å². The van der Waals surface area contributed by atoms with Crippen molar-refractivity contribution in [1.82, 2.24) is 25.1 Å². The van der Waals surface area contributed by atoms with Crippen LogP contribution in [0.4, 0.5) is 5.82 Å². The second-order valence-electron chi connectivity index (χ2n) is 8.14. The van der Waals surface area contributed by atoms with Gasteiger partial charge in [0.05, 0.1) is 24.0 Å². The van der Waals surface area contributed by atoms with Gasteiger partial charge in [-0.1, -0.05) is 0 Å². The van der Waals surface area contributed by atoms with Crippen LogP contribution in [0.15, 0.2) is 29.3 Å². The Hall–Kier alpha value is -2.81. The molecule has 1 aliphatic heterocycles.